The second-order valence-corrected chi connectivity index (χ2v) is 6.46. The molecule has 0 saturated carbocycles. The van der Waals surface area contributed by atoms with Crippen LogP contribution in [0.5, 0.6) is 11.5 Å². The molecule has 3 rings (SSSR count). The highest BCUT2D eigenvalue weighted by Gasteiger charge is 2.38. The van der Waals surface area contributed by atoms with Crippen molar-refractivity contribution in [3.63, 3.8) is 0 Å². The zero-order valence-electron chi connectivity index (χ0n) is 13.4. The number of carbonyl (C=O) groups is 1. The molecular weight excluding hydrogens is 374 g/mol. The van der Waals surface area contributed by atoms with Gasteiger partial charge in [-0.05, 0) is 29.8 Å². The molecule has 1 amide bonds. The molecule has 0 aromatic heterocycles. The molecule has 0 saturated heterocycles. The number of nitrogens with one attached hydrogen (secondary N) is 1. The molecule has 2 aromatic carbocycles. The minimum atomic E-state index is -0.454. The van der Waals surface area contributed by atoms with E-state index < -0.39 is 6.10 Å². The molecule has 126 valence electrons. The van der Waals surface area contributed by atoms with Crippen molar-refractivity contribution in [1.29, 1.82) is 0 Å². The van der Waals surface area contributed by atoms with E-state index in [9.17, 15) is 9.90 Å². The van der Waals surface area contributed by atoms with Gasteiger partial charge >= 0.3 is 0 Å². The average Bonchev–Trinajstić information content (AvgIpc) is 2.98. The molecule has 1 aliphatic heterocycles. The number of benzene rings is 2. The Labute approximate surface area is 148 Å². The fraction of sp³-hybridized carbons (Fsp3) is 0.278. The van der Waals surface area contributed by atoms with Gasteiger partial charge in [0.25, 0.3) is 5.91 Å². The molecule has 0 unspecified atom stereocenters. The Morgan fingerprint density at radius 1 is 1.38 bits per heavy atom. The molecule has 0 radical (unpaired) electrons. The molecule has 0 spiro atoms. The van der Waals surface area contributed by atoms with Crippen LogP contribution in [0.1, 0.15) is 27.4 Å². The van der Waals surface area contributed by atoms with Gasteiger partial charge in [-0.3, -0.25) is 4.79 Å². The van der Waals surface area contributed by atoms with Crippen LogP contribution in [0.3, 0.4) is 0 Å². The predicted octanol–water partition coefficient (Wildman–Crippen LogP) is 2.70. The van der Waals surface area contributed by atoms with Gasteiger partial charge in [-0.15, -0.1) is 0 Å². The van der Waals surface area contributed by atoms with E-state index in [1.807, 2.05) is 30.3 Å². The van der Waals surface area contributed by atoms with Crippen LogP contribution in [0.4, 0.5) is 0 Å². The van der Waals surface area contributed by atoms with Gasteiger partial charge in [0.15, 0.2) is 0 Å². The van der Waals surface area contributed by atoms with Gasteiger partial charge in [0, 0.05) is 17.1 Å². The van der Waals surface area contributed by atoms with Gasteiger partial charge in [-0.2, -0.15) is 0 Å². The lowest BCUT2D eigenvalue weighted by molar-refractivity contribution is 0.0947. The Balaban J connectivity index is 2.15. The summed E-state index contributed by atoms with van der Waals surface area (Å²) in [6.07, 6.45) is -0.454. The summed E-state index contributed by atoms with van der Waals surface area (Å²) in [4.78, 5) is 12.2. The highest BCUT2D eigenvalue weighted by atomic mass is 79.9. The number of halogens is 1. The summed E-state index contributed by atoms with van der Waals surface area (Å²) in [6.45, 7) is -0.151. The Hall–Kier alpha value is -2.05. The van der Waals surface area contributed by atoms with Crippen LogP contribution in [-0.4, -0.2) is 37.9 Å². The summed E-state index contributed by atoms with van der Waals surface area (Å²) in [5.41, 5.74) is 2.29. The molecule has 6 heteroatoms. The predicted molar refractivity (Wildman–Crippen MR) is 93.9 cm³/mol. The summed E-state index contributed by atoms with van der Waals surface area (Å²) < 4.78 is 12.0. The van der Waals surface area contributed by atoms with Crippen molar-refractivity contribution in [2.75, 3.05) is 20.8 Å². The Bertz CT molecular complexity index is 778. The van der Waals surface area contributed by atoms with Crippen LogP contribution < -0.4 is 14.8 Å². The average molecular weight is 392 g/mol. The highest BCUT2D eigenvalue weighted by Crippen LogP contribution is 2.46. The van der Waals surface area contributed by atoms with Crippen LogP contribution in [0.2, 0.25) is 0 Å². The topological polar surface area (TPSA) is 67.8 Å². The monoisotopic (exact) mass is 391 g/mol. The maximum Gasteiger partial charge on any atom is 0.254 e. The number of amides is 1. The molecule has 1 heterocycles. The van der Waals surface area contributed by atoms with E-state index in [-0.39, 0.29) is 18.4 Å². The lowest BCUT2D eigenvalue weighted by atomic mass is 9.87. The minimum absolute atomic E-state index is 0.151. The van der Waals surface area contributed by atoms with E-state index in [2.05, 4.69) is 21.2 Å². The van der Waals surface area contributed by atoms with Gasteiger partial charge in [0.05, 0.1) is 25.2 Å². The first-order valence-corrected chi connectivity index (χ1v) is 8.35. The summed E-state index contributed by atoms with van der Waals surface area (Å²) >= 11 is 3.46. The lowest BCUT2D eigenvalue weighted by Gasteiger charge is -2.18. The standard InChI is InChI=1S/C18H18BrNO4/c1-20-18(22)14-8-11(19)7-13-16(15(9-21)24-17(13)14)10-4-3-5-12(6-10)23-2/h3-8,15-16,21H,9H2,1-2H3,(H,20,22)/t15-,16+/m0/s1. The van der Waals surface area contributed by atoms with E-state index in [0.717, 1.165) is 21.3 Å². The van der Waals surface area contributed by atoms with Gasteiger partial charge in [-0.25, -0.2) is 0 Å². The van der Waals surface area contributed by atoms with Gasteiger partial charge in [0.2, 0.25) is 0 Å². The van der Waals surface area contributed by atoms with Crippen LogP contribution in [-0.2, 0) is 0 Å². The van der Waals surface area contributed by atoms with E-state index in [1.165, 1.54) is 0 Å². The zero-order chi connectivity index (χ0) is 17.3. The summed E-state index contributed by atoms with van der Waals surface area (Å²) in [6, 6.07) is 11.3. The first-order chi connectivity index (χ1) is 11.6. The largest absolute Gasteiger partial charge is 0.497 e. The van der Waals surface area contributed by atoms with Crippen molar-refractivity contribution < 1.29 is 19.4 Å². The van der Waals surface area contributed by atoms with E-state index in [1.54, 1.807) is 20.2 Å². The SMILES string of the molecule is CNC(=O)c1cc(Br)cc2c1O[C@@H](CO)[C@@H]2c1cccc(OC)c1. The number of hydrogen-bond donors (Lipinski definition) is 2. The smallest absolute Gasteiger partial charge is 0.254 e. The molecule has 0 fully saturated rings. The number of methoxy groups -OCH3 is 1. The maximum absolute atomic E-state index is 12.2. The second kappa shape index (κ2) is 6.83. The molecular formula is C18H18BrNO4. The Kier molecular flexibility index (Phi) is 4.78. The molecule has 5 nitrogen and oxygen atoms in total. The molecule has 2 N–H and O–H groups in total. The molecule has 24 heavy (non-hydrogen) atoms. The van der Waals surface area contributed by atoms with Gasteiger partial charge in [0.1, 0.15) is 17.6 Å². The summed E-state index contributed by atoms with van der Waals surface area (Å²) in [5, 5.41) is 12.4. The van der Waals surface area contributed by atoms with Crippen LogP contribution in [0.15, 0.2) is 40.9 Å². The number of hydrogen-bond acceptors (Lipinski definition) is 4. The summed E-state index contributed by atoms with van der Waals surface area (Å²) in [5.74, 6) is 0.847. The van der Waals surface area contributed by atoms with Crippen molar-refractivity contribution in [3.8, 4) is 11.5 Å². The Morgan fingerprint density at radius 2 is 2.17 bits per heavy atom. The third kappa shape index (κ3) is 2.87. The fourth-order valence-corrected chi connectivity index (χ4v) is 3.55. The number of aliphatic hydroxyl groups excluding tert-OH is 1. The highest BCUT2D eigenvalue weighted by molar-refractivity contribution is 9.10. The number of fused-ring (bicyclic) bond motifs is 1. The quantitative estimate of drug-likeness (QED) is 0.840. The number of carbonyl (C=O) groups excluding carboxylic acids is 1. The maximum atomic E-state index is 12.2. The van der Waals surface area contributed by atoms with Gasteiger partial charge in [-0.1, -0.05) is 28.1 Å². The van der Waals surface area contributed by atoms with Gasteiger partial charge < -0.3 is 19.9 Å². The van der Waals surface area contributed by atoms with E-state index >= 15 is 0 Å². The van der Waals surface area contributed by atoms with Crippen molar-refractivity contribution in [2.24, 2.45) is 0 Å². The second-order valence-electron chi connectivity index (χ2n) is 5.54. The number of ether oxygens (including phenoxy) is 2. The molecule has 0 bridgehead atoms. The number of rotatable bonds is 4. The van der Waals surface area contributed by atoms with E-state index in [4.69, 9.17) is 9.47 Å². The van der Waals surface area contributed by atoms with Crippen molar-refractivity contribution >= 4 is 21.8 Å². The Morgan fingerprint density at radius 3 is 2.83 bits per heavy atom. The normalized spacial score (nSPS) is 18.7. The zero-order valence-corrected chi connectivity index (χ0v) is 15.0. The van der Waals surface area contributed by atoms with Crippen molar-refractivity contribution in [1.82, 2.24) is 5.32 Å². The lowest BCUT2D eigenvalue weighted by Crippen LogP contribution is -2.24. The first-order valence-electron chi connectivity index (χ1n) is 7.56. The van der Waals surface area contributed by atoms with Crippen LogP contribution >= 0.6 is 15.9 Å². The van der Waals surface area contributed by atoms with E-state index in [0.29, 0.717) is 11.3 Å². The minimum Gasteiger partial charge on any atom is -0.497 e. The third-order valence-corrected chi connectivity index (χ3v) is 4.62. The van der Waals surface area contributed by atoms with Crippen molar-refractivity contribution in [3.05, 3.63) is 57.6 Å². The number of aliphatic hydroxyl groups is 1. The molecule has 2 atom stereocenters. The first kappa shape index (κ1) is 16.8. The third-order valence-electron chi connectivity index (χ3n) is 4.16. The van der Waals surface area contributed by atoms with Crippen LogP contribution in [0.25, 0.3) is 0 Å². The summed E-state index contributed by atoms with van der Waals surface area (Å²) in [7, 11) is 3.19. The van der Waals surface area contributed by atoms with Crippen molar-refractivity contribution in [2.45, 2.75) is 12.0 Å². The molecule has 1 aliphatic rings. The fourth-order valence-electron chi connectivity index (χ4n) is 3.07. The molecule has 2 aromatic rings. The van der Waals surface area contributed by atoms with Crippen LogP contribution in [0, 0.1) is 0 Å². The molecule has 0 aliphatic carbocycles.